The van der Waals surface area contributed by atoms with Crippen molar-refractivity contribution >= 4 is 29.4 Å². The van der Waals surface area contributed by atoms with Gasteiger partial charge in [0.1, 0.15) is 0 Å². The molecule has 4 unspecified atom stereocenters. The topological polar surface area (TPSA) is 92.8 Å². The zero-order valence-electron chi connectivity index (χ0n) is 19.3. The van der Waals surface area contributed by atoms with E-state index in [4.69, 9.17) is 26.6 Å². The average molecular weight is 464 g/mol. The quantitative estimate of drug-likeness (QED) is 0.301. The van der Waals surface area contributed by atoms with Gasteiger partial charge in [-0.05, 0) is 38.0 Å². The van der Waals surface area contributed by atoms with Crippen molar-refractivity contribution in [2.75, 3.05) is 49.2 Å². The molecule has 0 radical (unpaired) electrons. The second kappa shape index (κ2) is 10.8. The van der Waals surface area contributed by atoms with E-state index < -0.39 is 17.6 Å². The van der Waals surface area contributed by atoms with Gasteiger partial charge in [0.15, 0.2) is 0 Å². The molecule has 30 heavy (non-hydrogen) atoms. The molecule has 0 aromatic rings. The summed E-state index contributed by atoms with van der Waals surface area (Å²) in [6.45, 7) is 2.25. The normalized spacial score (nSPS) is 27.2. The molecule has 0 aromatic carbocycles. The molecule has 11 heteroatoms. The molecule has 4 atom stereocenters. The first-order chi connectivity index (χ1) is 14.3. The van der Waals surface area contributed by atoms with Crippen molar-refractivity contribution in [1.29, 1.82) is 0 Å². The van der Waals surface area contributed by atoms with Gasteiger partial charge in [0.2, 0.25) is 11.8 Å². The molecule has 2 rings (SSSR count). The first kappa shape index (κ1) is 25.6. The number of amides is 2. The number of likely N-dealkylation sites (tertiary alicyclic amines) is 1. The number of carbonyl (C=O) groups is 2. The number of nitrogens with zero attached hydrogens (tertiary/aromatic N) is 1. The standard InChI is InChI=1S/C19H37NO8Si2/c1-8-20-18(21)16-14(9-11-29(23-2,24-3)25-4)13-15(17(16)19(20)22)10-12-30(26-5,27-6)28-7/h14-17H,8-13H2,1-7H3. The van der Waals surface area contributed by atoms with Crippen LogP contribution < -0.4 is 0 Å². The lowest BCUT2D eigenvalue weighted by Crippen LogP contribution is -2.43. The number of hydrogen-bond acceptors (Lipinski definition) is 8. The number of fused-ring (bicyclic) bond motifs is 1. The largest absolute Gasteiger partial charge is 0.500 e. The van der Waals surface area contributed by atoms with E-state index in [1.54, 1.807) is 42.7 Å². The van der Waals surface area contributed by atoms with Gasteiger partial charge in [0.05, 0.1) is 11.8 Å². The van der Waals surface area contributed by atoms with Gasteiger partial charge in [-0.25, -0.2) is 0 Å². The summed E-state index contributed by atoms with van der Waals surface area (Å²) in [6, 6.07) is 1.22. The maximum absolute atomic E-state index is 13.0. The summed E-state index contributed by atoms with van der Waals surface area (Å²) in [5.41, 5.74) is 0. The first-order valence-corrected chi connectivity index (χ1v) is 14.3. The third-order valence-electron chi connectivity index (χ3n) is 6.94. The maximum Gasteiger partial charge on any atom is 0.500 e. The Balaban J connectivity index is 2.20. The average Bonchev–Trinajstić information content (AvgIpc) is 3.26. The summed E-state index contributed by atoms with van der Waals surface area (Å²) in [7, 11) is 4.05. The minimum absolute atomic E-state index is 0.0479. The Hall–Kier alpha value is -0.666. The molecular weight excluding hydrogens is 426 g/mol. The SMILES string of the molecule is CCN1C(=O)C2C(CC[Si](OC)(OC)OC)CC(CC[Si](OC)(OC)OC)C2C1=O. The van der Waals surface area contributed by atoms with Crippen LogP contribution in [0.5, 0.6) is 0 Å². The molecule has 1 heterocycles. The zero-order valence-corrected chi connectivity index (χ0v) is 21.3. The van der Waals surface area contributed by atoms with Crippen molar-refractivity contribution in [1.82, 2.24) is 4.90 Å². The van der Waals surface area contributed by atoms with E-state index >= 15 is 0 Å². The van der Waals surface area contributed by atoms with Crippen LogP contribution in [-0.4, -0.2) is 83.5 Å². The summed E-state index contributed by atoms with van der Waals surface area (Å²) in [4.78, 5) is 27.5. The Morgan fingerprint density at radius 3 is 1.33 bits per heavy atom. The Morgan fingerprint density at radius 1 is 0.733 bits per heavy atom. The molecule has 174 valence electrons. The summed E-state index contributed by atoms with van der Waals surface area (Å²) < 4.78 is 33.3. The number of rotatable bonds is 13. The van der Waals surface area contributed by atoms with E-state index in [-0.39, 0.29) is 35.5 Å². The summed E-state index contributed by atoms with van der Waals surface area (Å²) in [5.74, 6) is -0.499. The Kier molecular flexibility index (Phi) is 9.19. The third kappa shape index (κ3) is 4.73. The predicted octanol–water partition coefficient (Wildman–Crippen LogP) is 1.78. The van der Waals surface area contributed by atoms with E-state index in [1.165, 1.54) is 4.90 Å². The van der Waals surface area contributed by atoms with E-state index in [2.05, 4.69) is 0 Å². The minimum Gasteiger partial charge on any atom is -0.377 e. The molecule has 1 saturated carbocycles. The van der Waals surface area contributed by atoms with Crippen LogP contribution in [0.3, 0.4) is 0 Å². The van der Waals surface area contributed by atoms with Gasteiger partial charge in [-0.1, -0.05) is 0 Å². The van der Waals surface area contributed by atoms with Crippen molar-refractivity contribution in [3.05, 3.63) is 0 Å². The highest BCUT2D eigenvalue weighted by molar-refractivity contribution is 6.60. The van der Waals surface area contributed by atoms with E-state index in [0.29, 0.717) is 18.6 Å². The lowest BCUT2D eigenvalue weighted by Gasteiger charge is -2.27. The van der Waals surface area contributed by atoms with Crippen LogP contribution >= 0.6 is 0 Å². The fraction of sp³-hybridized carbons (Fsp3) is 0.895. The predicted molar refractivity (Wildman–Crippen MR) is 113 cm³/mol. The van der Waals surface area contributed by atoms with Gasteiger partial charge in [-0.15, -0.1) is 0 Å². The molecule has 0 N–H and O–H groups in total. The Morgan fingerprint density at radius 2 is 1.07 bits per heavy atom. The van der Waals surface area contributed by atoms with E-state index in [0.717, 1.165) is 19.3 Å². The fourth-order valence-corrected chi connectivity index (χ4v) is 8.86. The van der Waals surface area contributed by atoms with Crippen molar-refractivity contribution in [2.24, 2.45) is 23.7 Å². The van der Waals surface area contributed by atoms with Gasteiger partial charge in [0, 0.05) is 61.3 Å². The summed E-state index contributed by atoms with van der Waals surface area (Å²) >= 11 is 0. The van der Waals surface area contributed by atoms with Crippen LogP contribution in [-0.2, 0) is 36.1 Å². The molecule has 2 aliphatic rings. The summed E-state index contributed by atoms with van der Waals surface area (Å²) in [5, 5.41) is 0. The highest BCUT2D eigenvalue weighted by atomic mass is 28.4. The van der Waals surface area contributed by atoms with Crippen molar-refractivity contribution < 1.29 is 36.1 Å². The fourth-order valence-electron chi connectivity index (χ4n) is 5.19. The van der Waals surface area contributed by atoms with Crippen LogP contribution in [0.2, 0.25) is 12.1 Å². The molecule has 1 saturated heterocycles. The lowest BCUT2D eigenvalue weighted by molar-refractivity contribution is -0.140. The molecule has 0 aromatic heterocycles. The van der Waals surface area contributed by atoms with Crippen LogP contribution in [0.25, 0.3) is 0 Å². The van der Waals surface area contributed by atoms with Gasteiger partial charge in [-0.3, -0.25) is 14.5 Å². The molecular formula is C19H37NO8Si2. The smallest absolute Gasteiger partial charge is 0.377 e. The number of hydrogen-bond donors (Lipinski definition) is 0. The van der Waals surface area contributed by atoms with Gasteiger partial charge < -0.3 is 26.6 Å². The van der Waals surface area contributed by atoms with Crippen molar-refractivity contribution in [3.8, 4) is 0 Å². The Labute approximate surface area is 182 Å². The van der Waals surface area contributed by atoms with E-state index in [9.17, 15) is 9.59 Å². The van der Waals surface area contributed by atoms with Crippen LogP contribution in [0, 0.1) is 23.7 Å². The van der Waals surface area contributed by atoms with Crippen molar-refractivity contribution in [2.45, 2.75) is 38.3 Å². The van der Waals surface area contributed by atoms with Crippen LogP contribution in [0.1, 0.15) is 26.2 Å². The monoisotopic (exact) mass is 463 g/mol. The maximum atomic E-state index is 13.0. The minimum atomic E-state index is -2.74. The molecule has 0 spiro atoms. The van der Waals surface area contributed by atoms with Crippen LogP contribution in [0.15, 0.2) is 0 Å². The van der Waals surface area contributed by atoms with Gasteiger partial charge in [-0.2, -0.15) is 0 Å². The summed E-state index contributed by atoms with van der Waals surface area (Å²) in [6.07, 6.45) is 2.24. The second-order valence-electron chi connectivity index (χ2n) is 7.90. The zero-order chi connectivity index (χ0) is 22.5. The van der Waals surface area contributed by atoms with E-state index in [1.807, 2.05) is 6.92 Å². The van der Waals surface area contributed by atoms with Gasteiger partial charge >= 0.3 is 17.6 Å². The molecule has 1 aliphatic carbocycles. The first-order valence-electron chi connectivity index (χ1n) is 10.5. The van der Waals surface area contributed by atoms with Crippen molar-refractivity contribution in [3.63, 3.8) is 0 Å². The molecule has 2 amide bonds. The van der Waals surface area contributed by atoms with Gasteiger partial charge in [0.25, 0.3) is 0 Å². The second-order valence-corrected chi connectivity index (χ2v) is 14.1. The third-order valence-corrected chi connectivity index (χ3v) is 12.5. The molecule has 2 fully saturated rings. The number of imide groups is 1. The highest BCUT2D eigenvalue weighted by Gasteiger charge is 2.58. The molecule has 0 bridgehead atoms. The highest BCUT2D eigenvalue weighted by Crippen LogP contribution is 2.51. The molecule has 1 aliphatic heterocycles. The Bertz CT molecular complexity index is 535. The molecule has 9 nitrogen and oxygen atoms in total. The lowest BCUT2D eigenvalue weighted by atomic mass is 9.87. The van der Waals surface area contributed by atoms with Crippen LogP contribution in [0.4, 0.5) is 0 Å². The number of carbonyl (C=O) groups excluding carboxylic acids is 2.